The lowest BCUT2D eigenvalue weighted by atomic mass is 9.90. The maximum absolute atomic E-state index is 11.8. The first kappa shape index (κ1) is 14.4. The second kappa shape index (κ2) is 4.84. The molecule has 0 amide bonds. The summed E-state index contributed by atoms with van der Waals surface area (Å²) in [4.78, 5) is 15.3. The van der Waals surface area contributed by atoms with E-state index in [-0.39, 0.29) is 5.82 Å². The Balaban J connectivity index is 2.50. The Labute approximate surface area is 114 Å². The third-order valence-corrected chi connectivity index (χ3v) is 3.18. The normalized spacial score (nSPS) is 34.6. The molecule has 0 aromatic carbocycles. The van der Waals surface area contributed by atoms with Gasteiger partial charge >= 0.3 is 5.69 Å². The Kier molecular flexibility index (Phi) is 3.49. The molecule has 6 N–H and O–H groups in total. The topological polar surface area (TPSA) is 150 Å². The van der Waals surface area contributed by atoms with Gasteiger partial charge in [-0.1, -0.05) is 5.92 Å². The summed E-state index contributed by atoms with van der Waals surface area (Å²) < 4.78 is 6.19. The molecule has 1 unspecified atom stereocenters. The fraction of sp³-hybridized carbons (Fsp3) is 0.545. The minimum absolute atomic E-state index is 0.0693. The van der Waals surface area contributed by atoms with E-state index < -0.39 is 35.8 Å². The largest absolute Gasteiger partial charge is 0.391 e. The molecule has 0 aliphatic carbocycles. The van der Waals surface area contributed by atoms with Gasteiger partial charge in [-0.05, 0) is 6.92 Å². The molecule has 9 nitrogen and oxygen atoms in total. The van der Waals surface area contributed by atoms with Gasteiger partial charge in [-0.2, -0.15) is 14.8 Å². The van der Waals surface area contributed by atoms with Crippen LogP contribution in [0.15, 0.2) is 11.0 Å². The molecule has 1 aromatic heterocycles. The summed E-state index contributed by atoms with van der Waals surface area (Å²) in [7, 11) is 0. The summed E-state index contributed by atoms with van der Waals surface area (Å²) >= 11 is 0. The van der Waals surface area contributed by atoms with Crippen molar-refractivity contribution in [3.63, 3.8) is 0 Å². The van der Waals surface area contributed by atoms with Crippen molar-refractivity contribution in [3.8, 4) is 12.3 Å². The standard InChI is InChI=1S/C11H15N5O4/c1-3-11(13)8(18)7(5(2)17)20-9(11)16-10(19)15-6(12)4-14-16/h1,4-5,7-9,17-18H,13H2,2H3,(H2,12,15,19)/t5-,7-,8?,9-,11-/m1/s1. The second-order valence-electron chi connectivity index (χ2n) is 4.62. The number of nitrogens with two attached hydrogens (primary N) is 2. The first-order valence-corrected chi connectivity index (χ1v) is 5.81. The molecule has 2 heterocycles. The zero-order valence-electron chi connectivity index (χ0n) is 10.7. The molecule has 5 atom stereocenters. The predicted octanol–water partition coefficient (Wildman–Crippen LogP) is -2.81. The molecule has 1 aromatic rings. The Morgan fingerprint density at radius 2 is 2.35 bits per heavy atom. The van der Waals surface area contributed by atoms with Crippen molar-refractivity contribution in [2.24, 2.45) is 5.73 Å². The third kappa shape index (κ3) is 2.04. The number of nitrogens with zero attached hydrogens (tertiary/aromatic N) is 3. The number of nitrogen functional groups attached to an aromatic ring is 1. The fourth-order valence-corrected chi connectivity index (χ4v) is 2.07. The SMILES string of the molecule is C#C[C@@]1(N)C(O)[C@@H]([C@@H](C)O)O[C@H]1n1ncc(N)nc1=O. The molecule has 1 aliphatic heterocycles. The van der Waals surface area contributed by atoms with Crippen LogP contribution in [-0.2, 0) is 4.74 Å². The van der Waals surface area contributed by atoms with E-state index >= 15 is 0 Å². The lowest BCUT2D eigenvalue weighted by Crippen LogP contribution is -2.55. The van der Waals surface area contributed by atoms with Gasteiger partial charge in [0.2, 0.25) is 0 Å². The van der Waals surface area contributed by atoms with Crippen molar-refractivity contribution in [1.29, 1.82) is 0 Å². The van der Waals surface area contributed by atoms with Gasteiger partial charge in [0.15, 0.2) is 11.8 Å². The number of hydrogen-bond acceptors (Lipinski definition) is 8. The predicted molar refractivity (Wildman–Crippen MR) is 68.1 cm³/mol. The average Bonchev–Trinajstić information content (AvgIpc) is 2.64. The van der Waals surface area contributed by atoms with Crippen LogP contribution in [-0.4, -0.2) is 48.8 Å². The highest BCUT2D eigenvalue weighted by molar-refractivity contribution is 5.24. The van der Waals surface area contributed by atoms with E-state index in [1.807, 2.05) is 0 Å². The van der Waals surface area contributed by atoms with Gasteiger partial charge in [0, 0.05) is 0 Å². The van der Waals surface area contributed by atoms with E-state index in [2.05, 4.69) is 16.0 Å². The van der Waals surface area contributed by atoms with Gasteiger partial charge in [0.1, 0.15) is 18.0 Å². The van der Waals surface area contributed by atoms with E-state index in [1.165, 1.54) is 6.92 Å². The molecule has 0 bridgehead atoms. The molecule has 108 valence electrons. The van der Waals surface area contributed by atoms with Crippen LogP contribution >= 0.6 is 0 Å². The van der Waals surface area contributed by atoms with Crippen molar-refractivity contribution in [2.45, 2.75) is 37.0 Å². The Morgan fingerprint density at radius 1 is 1.70 bits per heavy atom. The lowest BCUT2D eigenvalue weighted by Gasteiger charge is -2.26. The molecular weight excluding hydrogens is 266 g/mol. The molecule has 0 spiro atoms. The molecule has 9 heteroatoms. The van der Waals surface area contributed by atoms with Crippen molar-refractivity contribution in [3.05, 3.63) is 16.7 Å². The molecule has 1 fully saturated rings. The molecule has 1 aliphatic rings. The summed E-state index contributed by atoms with van der Waals surface area (Å²) in [5, 5.41) is 23.4. The van der Waals surface area contributed by atoms with Crippen LogP contribution in [0.4, 0.5) is 5.82 Å². The maximum atomic E-state index is 11.8. The number of anilines is 1. The third-order valence-electron chi connectivity index (χ3n) is 3.18. The monoisotopic (exact) mass is 281 g/mol. The minimum atomic E-state index is -1.73. The Bertz CT molecular complexity index is 610. The number of aromatic nitrogens is 3. The summed E-state index contributed by atoms with van der Waals surface area (Å²) in [6.45, 7) is 1.41. The van der Waals surface area contributed by atoms with Crippen LogP contribution in [0.25, 0.3) is 0 Å². The summed E-state index contributed by atoms with van der Waals surface area (Å²) in [5.41, 5.74) is 8.73. The van der Waals surface area contributed by atoms with Crippen LogP contribution in [0.5, 0.6) is 0 Å². The summed E-state index contributed by atoms with van der Waals surface area (Å²) in [6.07, 6.45) is 1.75. The quantitative estimate of drug-likeness (QED) is 0.424. The highest BCUT2D eigenvalue weighted by atomic mass is 16.6. The van der Waals surface area contributed by atoms with Crippen LogP contribution in [0.2, 0.25) is 0 Å². The van der Waals surface area contributed by atoms with Crippen molar-refractivity contribution >= 4 is 5.82 Å². The van der Waals surface area contributed by atoms with Crippen LogP contribution in [0.1, 0.15) is 13.2 Å². The molecule has 0 radical (unpaired) electrons. The van der Waals surface area contributed by atoms with Gasteiger partial charge in [-0.3, -0.25) is 0 Å². The van der Waals surface area contributed by atoms with Crippen LogP contribution in [0.3, 0.4) is 0 Å². The molecule has 20 heavy (non-hydrogen) atoms. The zero-order chi connectivity index (χ0) is 15.1. The van der Waals surface area contributed by atoms with Gasteiger partial charge in [0.05, 0.1) is 12.3 Å². The number of terminal acetylenes is 1. The highest BCUT2D eigenvalue weighted by Gasteiger charge is 2.56. The molecule has 0 saturated carbocycles. The van der Waals surface area contributed by atoms with E-state index in [9.17, 15) is 15.0 Å². The van der Waals surface area contributed by atoms with E-state index in [0.29, 0.717) is 0 Å². The number of hydrogen-bond donors (Lipinski definition) is 4. The second-order valence-corrected chi connectivity index (χ2v) is 4.62. The minimum Gasteiger partial charge on any atom is -0.391 e. The molecule has 1 saturated heterocycles. The van der Waals surface area contributed by atoms with Crippen LogP contribution in [0, 0.1) is 12.3 Å². The summed E-state index contributed by atoms with van der Waals surface area (Å²) in [5.74, 6) is 2.13. The molecular formula is C11H15N5O4. The van der Waals surface area contributed by atoms with E-state index in [0.717, 1.165) is 10.9 Å². The van der Waals surface area contributed by atoms with Crippen molar-refractivity contribution < 1.29 is 14.9 Å². The number of ether oxygens (including phenoxy) is 1. The average molecular weight is 281 g/mol. The Hall–Kier alpha value is -1.99. The smallest absolute Gasteiger partial charge is 0.368 e. The van der Waals surface area contributed by atoms with Gasteiger partial charge in [-0.25, -0.2) is 4.79 Å². The number of aliphatic hydroxyl groups excluding tert-OH is 2. The number of aliphatic hydroxyl groups is 2. The van der Waals surface area contributed by atoms with Gasteiger partial charge in [0.25, 0.3) is 0 Å². The van der Waals surface area contributed by atoms with Crippen molar-refractivity contribution in [1.82, 2.24) is 14.8 Å². The van der Waals surface area contributed by atoms with E-state index in [1.54, 1.807) is 0 Å². The van der Waals surface area contributed by atoms with Gasteiger partial charge in [-0.15, -0.1) is 6.42 Å². The Morgan fingerprint density at radius 3 is 2.85 bits per heavy atom. The first-order chi connectivity index (χ1) is 9.31. The van der Waals surface area contributed by atoms with Crippen LogP contribution < -0.4 is 17.2 Å². The lowest BCUT2D eigenvalue weighted by molar-refractivity contribution is -0.0816. The highest BCUT2D eigenvalue weighted by Crippen LogP contribution is 2.36. The van der Waals surface area contributed by atoms with Gasteiger partial charge < -0.3 is 26.4 Å². The zero-order valence-corrected chi connectivity index (χ0v) is 10.7. The number of rotatable bonds is 2. The van der Waals surface area contributed by atoms with E-state index in [4.69, 9.17) is 22.6 Å². The first-order valence-electron chi connectivity index (χ1n) is 5.81. The fourth-order valence-electron chi connectivity index (χ4n) is 2.07. The summed E-state index contributed by atoms with van der Waals surface area (Å²) in [6, 6.07) is 0. The maximum Gasteiger partial charge on any atom is 0.368 e. The molecule has 2 rings (SSSR count). The van der Waals surface area contributed by atoms with Crippen molar-refractivity contribution in [2.75, 3.05) is 5.73 Å².